The summed E-state index contributed by atoms with van der Waals surface area (Å²) in [6.07, 6.45) is 4.24. The lowest BCUT2D eigenvalue weighted by atomic mass is 9.98. The van der Waals surface area contributed by atoms with E-state index in [2.05, 4.69) is 25.2 Å². The third-order valence-electron chi connectivity index (χ3n) is 3.58. The molecule has 0 saturated heterocycles. The molecule has 0 aliphatic carbocycles. The topological polar surface area (TPSA) is 32.3 Å². The molecule has 1 N–H and O–H groups in total. The second-order valence-electron chi connectivity index (χ2n) is 5.16. The third kappa shape index (κ3) is 3.09. The van der Waals surface area contributed by atoms with Crippen molar-refractivity contribution in [3.8, 4) is 0 Å². The van der Waals surface area contributed by atoms with Crippen molar-refractivity contribution in [1.82, 2.24) is 4.90 Å². The minimum Gasteiger partial charge on any atom is -0.384 e. The molecule has 2 rings (SSSR count). The largest absolute Gasteiger partial charge is 0.384 e. The van der Waals surface area contributed by atoms with Crippen molar-refractivity contribution in [2.45, 2.75) is 39.5 Å². The van der Waals surface area contributed by atoms with Crippen LogP contribution in [0.1, 0.15) is 49.0 Å². The Morgan fingerprint density at radius 2 is 2.00 bits per heavy atom. The molecular weight excluding hydrogens is 236 g/mol. The number of hydrogen-bond acceptors (Lipinski definition) is 2. The second-order valence-corrected chi connectivity index (χ2v) is 5.16. The van der Waals surface area contributed by atoms with Crippen molar-refractivity contribution < 1.29 is 4.79 Å². The Morgan fingerprint density at radius 1 is 1.26 bits per heavy atom. The number of amides is 1. The number of carbonyl (C=O) groups excluding carboxylic acids is 1. The van der Waals surface area contributed by atoms with E-state index in [0.29, 0.717) is 0 Å². The molecule has 0 fully saturated rings. The lowest BCUT2D eigenvalue weighted by molar-refractivity contribution is 0.0756. The molecule has 0 radical (unpaired) electrons. The first-order valence-electron chi connectivity index (χ1n) is 7.43. The molecule has 0 spiro atoms. The lowest BCUT2D eigenvalue weighted by Crippen LogP contribution is -2.33. The molecule has 1 aromatic rings. The van der Waals surface area contributed by atoms with E-state index in [4.69, 9.17) is 0 Å². The standard InChI is InChI=1S/C16H24N2O/c1-3-11-18(12-4-2)16(19)14-9-5-7-13-8-6-10-17-15(13)14/h5,7,9,17H,3-4,6,8,10-12H2,1-2H3. The van der Waals surface area contributed by atoms with Gasteiger partial charge in [0.05, 0.1) is 11.3 Å². The lowest BCUT2D eigenvalue weighted by Gasteiger charge is -2.26. The number of para-hydroxylation sites is 1. The van der Waals surface area contributed by atoms with Crippen molar-refractivity contribution in [1.29, 1.82) is 0 Å². The smallest absolute Gasteiger partial charge is 0.255 e. The Bertz CT molecular complexity index is 436. The number of nitrogens with zero attached hydrogens (tertiary/aromatic N) is 1. The Morgan fingerprint density at radius 3 is 2.68 bits per heavy atom. The summed E-state index contributed by atoms with van der Waals surface area (Å²) >= 11 is 0. The zero-order chi connectivity index (χ0) is 13.7. The van der Waals surface area contributed by atoms with Crippen molar-refractivity contribution in [2.75, 3.05) is 25.0 Å². The molecule has 3 heteroatoms. The number of fused-ring (bicyclic) bond motifs is 1. The highest BCUT2D eigenvalue weighted by molar-refractivity contribution is 6.00. The SMILES string of the molecule is CCCN(CCC)C(=O)c1cccc2c1NCCC2. The summed E-state index contributed by atoms with van der Waals surface area (Å²) in [5.74, 6) is 0.176. The van der Waals surface area contributed by atoms with Gasteiger partial charge in [-0.2, -0.15) is 0 Å². The molecule has 0 aromatic heterocycles. The number of nitrogens with one attached hydrogen (secondary N) is 1. The van der Waals surface area contributed by atoms with E-state index in [9.17, 15) is 4.79 Å². The van der Waals surface area contributed by atoms with E-state index in [0.717, 1.165) is 56.6 Å². The van der Waals surface area contributed by atoms with E-state index in [1.165, 1.54) is 5.56 Å². The van der Waals surface area contributed by atoms with Gasteiger partial charge in [0, 0.05) is 19.6 Å². The van der Waals surface area contributed by atoms with Gasteiger partial charge >= 0.3 is 0 Å². The van der Waals surface area contributed by atoms with E-state index in [1.54, 1.807) is 0 Å². The molecular formula is C16H24N2O. The second kappa shape index (κ2) is 6.60. The predicted molar refractivity (Wildman–Crippen MR) is 79.7 cm³/mol. The number of carbonyl (C=O) groups is 1. The van der Waals surface area contributed by atoms with Crippen molar-refractivity contribution >= 4 is 11.6 Å². The summed E-state index contributed by atoms with van der Waals surface area (Å²) in [7, 11) is 0. The Labute approximate surface area is 116 Å². The minimum atomic E-state index is 0.176. The van der Waals surface area contributed by atoms with Crippen LogP contribution in [0.15, 0.2) is 18.2 Å². The molecule has 0 unspecified atom stereocenters. The predicted octanol–water partition coefficient (Wildman–Crippen LogP) is 3.31. The van der Waals surface area contributed by atoms with Crippen LogP contribution in [0.2, 0.25) is 0 Å². The molecule has 1 aromatic carbocycles. The summed E-state index contributed by atoms with van der Waals surface area (Å²) < 4.78 is 0. The van der Waals surface area contributed by atoms with Crippen LogP contribution in [0.25, 0.3) is 0 Å². The Hall–Kier alpha value is -1.51. The van der Waals surface area contributed by atoms with Crippen molar-refractivity contribution in [3.63, 3.8) is 0 Å². The fraction of sp³-hybridized carbons (Fsp3) is 0.562. The number of hydrogen-bond donors (Lipinski definition) is 1. The van der Waals surface area contributed by atoms with Gasteiger partial charge in [-0.15, -0.1) is 0 Å². The number of rotatable bonds is 5. The van der Waals surface area contributed by atoms with E-state index in [1.807, 2.05) is 17.0 Å². The highest BCUT2D eigenvalue weighted by Gasteiger charge is 2.21. The maximum Gasteiger partial charge on any atom is 0.255 e. The van der Waals surface area contributed by atoms with Crippen LogP contribution in [0.5, 0.6) is 0 Å². The quantitative estimate of drug-likeness (QED) is 0.881. The molecule has 0 atom stereocenters. The molecule has 19 heavy (non-hydrogen) atoms. The van der Waals surface area contributed by atoms with Gasteiger partial charge in [-0.25, -0.2) is 0 Å². The van der Waals surface area contributed by atoms with Crippen LogP contribution >= 0.6 is 0 Å². The number of anilines is 1. The fourth-order valence-corrected chi connectivity index (χ4v) is 2.71. The highest BCUT2D eigenvalue weighted by atomic mass is 16.2. The van der Waals surface area contributed by atoms with Gasteiger partial charge in [-0.1, -0.05) is 26.0 Å². The molecule has 1 amide bonds. The van der Waals surface area contributed by atoms with Crippen molar-refractivity contribution in [2.24, 2.45) is 0 Å². The van der Waals surface area contributed by atoms with E-state index < -0.39 is 0 Å². The van der Waals surface area contributed by atoms with E-state index in [-0.39, 0.29) is 5.91 Å². The normalized spacial score (nSPS) is 13.6. The molecule has 0 saturated carbocycles. The zero-order valence-electron chi connectivity index (χ0n) is 12.0. The number of benzene rings is 1. The maximum absolute atomic E-state index is 12.7. The third-order valence-corrected chi connectivity index (χ3v) is 3.58. The first-order valence-corrected chi connectivity index (χ1v) is 7.43. The van der Waals surface area contributed by atoms with Crippen LogP contribution in [0.3, 0.4) is 0 Å². The van der Waals surface area contributed by atoms with Crippen molar-refractivity contribution in [3.05, 3.63) is 29.3 Å². The Balaban J connectivity index is 2.27. The van der Waals surface area contributed by atoms with Gasteiger partial charge in [0.1, 0.15) is 0 Å². The molecule has 1 aliphatic rings. The summed E-state index contributed by atoms with van der Waals surface area (Å²) in [5.41, 5.74) is 3.19. The van der Waals surface area contributed by atoms with Gasteiger partial charge in [0.15, 0.2) is 0 Å². The summed E-state index contributed by atoms with van der Waals surface area (Å²) in [6, 6.07) is 6.09. The summed E-state index contributed by atoms with van der Waals surface area (Å²) in [5, 5.41) is 3.40. The highest BCUT2D eigenvalue weighted by Crippen LogP contribution is 2.27. The van der Waals surface area contributed by atoms with Gasteiger partial charge in [-0.3, -0.25) is 4.79 Å². The number of aryl methyl sites for hydroxylation is 1. The molecule has 1 aliphatic heterocycles. The minimum absolute atomic E-state index is 0.176. The van der Waals surface area contributed by atoms with Gasteiger partial charge in [0.2, 0.25) is 0 Å². The monoisotopic (exact) mass is 260 g/mol. The van der Waals surface area contributed by atoms with Gasteiger partial charge in [0.25, 0.3) is 5.91 Å². The first kappa shape index (κ1) is 13.9. The average Bonchev–Trinajstić information content (AvgIpc) is 2.46. The van der Waals surface area contributed by atoms with Crippen LogP contribution in [0.4, 0.5) is 5.69 Å². The maximum atomic E-state index is 12.7. The van der Waals surface area contributed by atoms with Gasteiger partial charge < -0.3 is 10.2 Å². The molecule has 3 nitrogen and oxygen atoms in total. The van der Waals surface area contributed by atoms with Crippen LogP contribution in [-0.4, -0.2) is 30.4 Å². The Kier molecular flexibility index (Phi) is 4.83. The van der Waals surface area contributed by atoms with Crippen LogP contribution in [-0.2, 0) is 6.42 Å². The van der Waals surface area contributed by atoms with Crippen LogP contribution in [0, 0.1) is 0 Å². The van der Waals surface area contributed by atoms with E-state index >= 15 is 0 Å². The average molecular weight is 260 g/mol. The van der Waals surface area contributed by atoms with Crippen LogP contribution < -0.4 is 5.32 Å². The first-order chi connectivity index (χ1) is 9.27. The molecule has 1 heterocycles. The molecule has 0 bridgehead atoms. The van der Waals surface area contributed by atoms with Gasteiger partial charge in [-0.05, 0) is 37.3 Å². The summed E-state index contributed by atoms with van der Waals surface area (Å²) in [6.45, 7) is 6.90. The molecule has 104 valence electrons. The fourth-order valence-electron chi connectivity index (χ4n) is 2.71. The zero-order valence-corrected chi connectivity index (χ0v) is 12.0. The summed E-state index contributed by atoms with van der Waals surface area (Å²) in [4.78, 5) is 14.7.